The van der Waals surface area contributed by atoms with Crippen molar-refractivity contribution in [3.8, 4) is 0 Å². The van der Waals surface area contributed by atoms with Crippen LogP contribution in [0.3, 0.4) is 0 Å². The molecule has 1 aromatic rings. The van der Waals surface area contributed by atoms with Gasteiger partial charge in [-0.1, -0.05) is 13.8 Å². The second-order valence-corrected chi connectivity index (χ2v) is 5.31. The minimum absolute atomic E-state index is 0.115. The van der Waals surface area contributed by atoms with E-state index >= 15 is 0 Å². The molecule has 2 unspecified atom stereocenters. The first-order valence-electron chi connectivity index (χ1n) is 6.59. The van der Waals surface area contributed by atoms with E-state index in [0.717, 1.165) is 5.56 Å². The van der Waals surface area contributed by atoms with E-state index < -0.39 is 6.10 Å². The molecule has 0 fully saturated rings. The Morgan fingerprint density at radius 1 is 1.47 bits per heavy atom. The average Bonchev–Trinajstić information content (AvgIpc) is 2.72. The summed E-state index contributed by atoms with van der Waals surface area (Å²) in [6.45, 7) is 6.23. The van der Waals surface area contributed by atoms with Gasteiger partial charge in [-0.25, -0.2) is 4.79 Å². The number of urea groups is 1. The van der Waals surface area contributed by atoms with Crippen LogP contribution in [0.15, 0.2) is 12.4 Å². The van der Waals surface area contributed by atoms with Crippen molar-refractivity contribution in [3.05, 3.63) is 18.0 Å². The van der Waals surface area contributed by atoms with Gasteiger partial charge in [0.05, 0.1) is 18.3 Å². The van der Waals surface area contributed by atoms with E-state index in [-0.39, 0.29) is 18.6 Å². The minimum atomic E-state index is -0.501. The standard InChI is InChI=1S/C13H24N4O2/c1-9(2)5-12(18)7-14-13(19)16-10(3)11-6-15-17(4)8-11/h6,8-10,12,18H,5,7H2,1-4H3,(H2,14,16,19). The van der Waals surface area contributed by atoms with Gasteiger partial charge in [-0.3, -0.25) is 4.68 Å². The van der Waals surface area contributed by atoms with Crippen LogP contribution in [0.25, 0.3) is 0 Å². The highest BCUT2D eigenvalue weighted by Crippen LogP contribution is 2.09. The van der Waals surface area contributed by atoms with Gasteiger partial charge in [0.15, 0.2) is 0 Å². The van der Waals surface area contributed by atoms with Crippen LogP contribution in [-0.4, -0.2) is 33.6 Å². The molecule has 6 heteroatoms. The summed E-state index contributed by atoms with van der Waals surface area (Å²) in [5.41, 5.74) is 0.945. The lowest BCUT2D eigenvalue weighted by Gasteiger charge is -2.16. The molecule has 0 bridgehead atoms. The molecule has 19 heavy (non-hydrogen) atoms. The summed E-state index contributed by atoms with van der Waals surface area (Å²) < 4.78 is 1.69. The number of rotatable bonds is 6. The molecule has 1 heterocycles. The van der Waals surface area contributed by atoms with E-state index in [1.165, 1.54) is 0 Å². The molecule has 0 aliphatic rings. The number of hydrogen-bond donors (Lipinski definition) is 3. The van der Waals surface area contributed by atoms with Gasteiger partial charge < -0.3 is 15.7 Å². The van der Waals surface area contributed by atoms with Crippen molar-refractivity contribution in [2.45, 2.75) is 39.3 Å². The zero-order valence-electron chi connectivity index (χ0n) is 12.1. The van der Waals surface area contributed by atoms with Gasteiger partial charge in [0.1, 0.15) is 0 Å². The van der Waals surface area contributed by atoms with Crippen LogP contribution in [0.1, 0.15) is 38.8 Å². The second-order valence-electron chi connectivity index (χ2n) is 5.31. The Labute approximate surface area is 114 Å². The topological polar surface area (TPSA) is 79.2 Å². The highest BCUT2D eigenvalue weighted by atomic mass is 16.3. The number of carbonyl (C=O) groups is 1. The molecule has 2 amide bonds. The van der Waals surface area contributed by atoms with Crippen LogP contribution in [-0.2, 0) is 7.05 Å². The Hall–Kier alpha value is -1.56. The van der Waals surface area contributed by atoms with Crippen molar-refractivity contribution in [3.63, 3.8) is 0 Å². The molecule has 0 spiro atoms. The van der Waals surface area contributed by atoms with Crippen LogP contribution in [0.5, 0.6) is 0 Å². The van der Waals surface area contributed by atoms with Crippen molar-refractivity contribution in [2.75, 3.05) is 6.54 Å². The maximum atomic E-state index is 11.7. The van der Waals surface area contributed by atoms with E-state index in [9.17, 15) is 9.90 Å². The van der Waals surface area contributed by atoms with Gasteiger partial charge in [-0.2, -0.15) is 5.10 Å². The quantitative estimate of drug-likeness (QED) is 0.725. The smallest absolute Gasteiger partial charge is 0.315 e. The fourth-order valence-electron chi connectivity index (χ4n) is 1.83. The molecule has 0 aromatic carbocycles. The van der Waals surface area contributed by atoms with Gasteiger partial charge >= 0.3 is 6.03 Å². The lowest BCUT2D eigenvalue weighted by molar-refractivity contribution is 0.146. The third kappa shape index (κ3) is 5.74. The van der Waals surface area contributed by atoms with Crippen molar-refractivity contribution >= 4 is 6.03 Å². The number of amides is 2. The van der Waals surface area contributed by atoms with Crippen molar-refractivity contribution in [2.24, 2.45) is 13.0 Å². The van der Waals surface area contributed by atoms with Crippen molar-refractivity contribution < 1.29 is 9.90 Å². The van der Waals surface area contributed by atoms with E-state index in [1.807, 2.05) is 34.0 Å². The van der Waals surface area contributed by atoms with Crippen LogP contribution in [0.2, 0.25) is 0 Å². The normalized spacial score (nSPS) is 14.2. The lowest BCUT2D eigenvalue weighted by atomic mass is 10.1. The van der Waals surface area contributed by atoms with Crippen LogP contribution in [0, 0.1) is 5.92 Å². The molecular weight excluding hydrogens is 244 g/mol. The third-order valence-corrected chi connectivity index (χ3v) is 2.81. The third-order valence-electron chi connectivity index (χ3n) is 2.81. The number of nitrogens with zero attached hydrogens (tertiary/aromatic N) is 2. The number of aliphatic hydroxyl groups excluding tert-OH is 1. The van der Waals surface area contributed by atoms with E-state index in [2.05, 4.69) is 15.7 Å². The summed E-state index contributed by atoms with van der Waals surface area (Å²) >= 11 is 0. The molecule has 0 saturated carbocycles. The largest absolute Gasteiger partial charge is 0.391 e. The number of aromatic nitrogens is 2. The zero-order chi connectivity index (χ0) is 14.4. The van der Waals surface area contributed by atoms with Crippen molar-refractivity contribution in [1.82, 2.24) is 20.4 Å². The Morgan fingerprint density at radius 2 is 2.16 bits per heavy atom. The Morgan fingerprint density at radius 3 is 2.68 bits per heavy atom. The van der Waals surface area contributed by atoms with Gasteiger partial charge in [-0.15, -0.1) is 0 Å². The van der Waals surface area contributed by atoms with Crippen LogP contribution in [0.4, 0.5) is 4.79 Å². The molecule has 1 rings (SSSR count). The van der Waals surface area contributed by atoms with Crippen LogP contribution < -0.4 is 10.6 Å². The summed E-state index contributed by atoms with van der Waals surface area (Å²) in [5.74, 6) is 0.411. The summed E-state index contributed by atoms with van der Waals surface area (Å²) in [7, 11) is 1.83. The highest BCUT2D eigenvalue weighted by molar-refractivity contribution is 5.74. The first-order chi connectivity index (χ1) is 8.88. The minimum Gasteiger partial charge on any atom is -0.391 e. The summed E-state index contributed by atoms with van der Waals surface area (Å²) in [6.07, 6.45) is 3.76. The van der Waals surface area contributed by atoms with Gasteiger partial charge in [-0.05, 0) is 19.3 Å². The molecule has 0 aliphatic heterocycles. The first kappa shape index (κ1) is 15.5. The molecule has 0 saturated heterocycles. The lowest BCUT2D eigenvalue weighted by Crippen LogP contribution is -2.41. The monoisotopic (exact) mass is 268 g/mol. The Bertz CT molecular complexity index is 403. The number of nitrogens with one attached hydrogen (secondary N) is 2. The van der Waals surface area contributed by atoms with E-state index in [0.29, 0.717) is 12.3 Å². The molecule has 3 N–H and O–H groups in total. The maximum Gasteiger partial charge on any atom is 0.315 e. The van der Waals surface area contributed by atoms with Gasteiger partial charge in [0, 0.05) is 25.4 Å². The highest BCUT2D eigenvalue weighted by Gasteiger charge is 2.12. The maximum absolute atomic E-state index is 11.7. The second kappa shape index (κ2) is 7.13. The van der Waals surface area contributed by atoms with E-state index in [4.69, 9.17) is 0 Å². The number of aliphatic hydroxyl groups is 1. The molecule has 2 atom stereocenters. The predicted molar refractivity (Wildman–Crippen MR) is 73.6 cm³/mol. The van der Waals surface area contributed by atoms with Crippen LogP contribution >= 0.6 is 0 Å². The fraction of sp³-hybridized carbons (Fsp3) is 0.692. The SMILES string of the molecule is CC(C)CC(O)CNC(=O)NC(C)c1cnn(C)c1. The zero-order valence-corrected chi connectivity index (χ0v) is 12.1. The molecule has 108 valence electrons. The average molecular weight is 268 g/mol. The molecule has 0 radical (unpaired) electrons. The Balaban J connectivity index is 2.31. The molecular formula is C13H24N4O2. The molecule has 6 nitrogen and oxygen atoms in total. The Kier molecular flexibility index (Phi) is 5.82. The first-order valence-corrected chi connectivity index (χ1v) is 6.59. The van der Waals surface area contributed by atoms with Gasteiger partial charge in [0.2, 0.25) is 0 Å². The predicted octanol–water partition coefficient (Wildman–Crippen LogP) is 1.19. The number of aryl methyl sites for hydroxylation is 1. The van der Waals surface area contributed by atoms with Gasteiger partial charge in [0.25, 0.3) is 0 Å². The number of carbonyl (C=O) groups excluding carboxylic acids is 1. The number of hydrogen-bond acceptors (Lipinski definition) is 3. The fourth-order valence-corrected chi connectivity index (χ4v) is 1.83. The molecule has 1 aromatic heterocycles. The summed E-state index contributed by atoms with van der Waals surface area (Å²) in [4.78, 5) is 11.7. The summed E-state index contributed by atoms with van der Waals surface area (Å²) in [5, 5.41) is 19.2. The molecule has 0 aliphatic carbocycles. The summed E-state index contributed by atoms with van der Waals surface area (Å²) in [6, 6.07) is -0.393. The van der Waals surface area contributed by atoms with Crippen molar-refractivity contribution in [1.29, 1.82) is 0 Å². The van der Waals surface area contributed by atoms with E-state index in [1.54, 1.807) is 10.9 Å².